The van der Waals surface area contributed by atoms with Gasteiger partial charge in [-0.15, -0.1) is 13.2 Å². The number of carbonyl (C=O) groups is 2. The molecular weight excluding hydrogens is 425 g/mol. The number of dihydropyridines is 1. The summed E-state index contributed by atoms with van der Waals surface area (Å²) in [6.07, 6.45) is -5.06. The number of nitro groups is 1. The highest BCUT2D eigenvalue weighted by Gasteiger charge is 2.43. The number of benzene rings is 1. The number of para-hydroxylation sites is 1. The minimum Gasteiger partial charge on any atom is -0.462 e. The van der Waals surface area contributed by atoms with E-state index in [1.807, 2.05) is 0 Å². The zero-order valence-electron chi connectivity index (χ0n) is 16.7. The van der Waals surface area contributed by atoms with Gasteiger partial charge in [-0.25, -0.2) is 4.79 Å². The molecule has 1 aliphatic rings. The molecule has 0 aromatic heterocycles. The number of nitrogens with zero attached hydrogens (tertiary/aromatic N) is 1. The van der Waals surface area contributed by atoms with Crippen molar-refractivity contribution in [3.05, 3.63) is 62.6 Å². The maximum absolute atomic E-state index is 12.9. The Morgan fingerprint density at radius 2 is 1.74 bits per heavy atom. The molecule has 9 nitrogen and oxygen atoms in total. The molecule has 0 radical (unpaired) electrons. The average molecular weight is 444 g/mol. The van der Waals surface area contributed by atoms with Gasteiger partial charge in [-0.2, -0.15) is 0 Å². The number of allylic oxidation sites excluding steroid dienone is 3. The largest absolute Gasteiger partial charge is 0.573 e. The molecule has 1 aromatic rings. The van der Waals surface area contributed by atoms with Crippen molar-refractivity contribution < 1.29 is 41.9 Å². The van der Waals surface area contributed by atoms with Crippen LogP contribution in [0.1, 0.15) is 32.3 Å². The van der Waals surface area contributed by atoms with E-state index in [2.05, 4.69) is 14.8 Å². The molecule has 0 saturated carbocycles. The highest BCUT2D eigenvalue weighted by molar-refractivity contribution is 5.92. The number of rotatable bonds is 7. The van der Waals surface area contributed by atoms with Gasteiger partial charge in [0, 0.05) is 18.2 Å². The van der Waals surface area contributed by atoms with Crippen molar-refractivity contribution in [3.63, 3.8) is 0 Å². The van der Waals surface area contributed by atoms with E-state index in [1.54, 1.807) is 0 Å². The van der Waals surface area contributed by atoms with Crippen molar-refractivity contribution in [2.45, 2.75) is 33.1 Å². The first kappa shape index (κ1) is 23.7. The number of ether oxygens (including phenoxy) is 3. The van der Waals surface area contributed by atoms with E-state index in [1.165, 1.54) is 32.0 Å². The van der Waals surface area contributed by atoms with Gasteiger partial charge in [-0.05, 0) is 19.9 Å². The third-order valence-electron chi connectivity index (χ3n) is 4.22. The van der Waals surface area contributed by atoms with Gasteiger partial charge in [-0.3, -0.25) is 14.9 Å². The molecule has 1 heterocycles. The summed E-state index contributed by atoms with van der Waals surface area (Å²) in [6, 6.07) is 4.83. The maximum Gasteiger partial charge on any atom is 0.573 e. The van der Waals surface area contributed by atoms with E-state index in [-0.39, 0.29) is 35.7 Å². The van der Waals surface area contributed by atoms with E-state index in [9.17, 15) is 32.9 Å². The SMILES string of the molecule is CC(=O)OCCOC(=O)C1=C(C)NC(C)=C([N+](=O)[O-])C1c1ccccc1OC(F)(F)F. The van der Waals surface area contributed by atoms with Crippen LogP contribution in [0.4, 0.5) is 13.2 Å². The number of halogens is 3. The summed E-state index contributed by atoms with van der Waals surface area (Å²) in [5, 5.41) is 14.5. The molecule has 0 aliphatic carbocycles. The molecule has 31 heavy (non-hydrogen) atoms. The Bertz CT molecular complexity index is 954. The van der Waals surface area contributed by atoms with Crippen molar-refractivity contribution in [3.8, 4) is 5.75 Å². The second-order valence-electron chi connectivity index (χ2n) is 6.43. The predicted octanol–water partition coefficient (Wildman–Crippen LogP) is 3.16. The van der Waals surface area contributed by atoms with Crippen LogP contribution in [0.5, 0.6) is 5.75 Å². The smallest absolute Gasteiger partial charge is 0.462 e. The van der Waals surface area contributed by atoms with Gasteiger partial charge in [0.1, 0.15) is 24.9 Å². The van der Waals surface area contributed by atoms with E-state index in [0.29, 0.717) is 0 Å². The number of hydrogen-bond acceptors (Lipinski definition) is 8. The number of esters is 2. The molecule has 1 atom stereocenters. The second kappa shape index (κ2) is 9.49. The van der Waals surface area contributed by atoms with Crippen molar-refractivity contribution in [2.75, 3.05) is 13.2 Å². The fraction of sp³-hybridized carbons (Fsp3) is 0.368. The number of alkyl halides is 3. The first-order valence-electron chi connectivity index (χ1n) is 8.90. The highest BCUT2D eigenvalue weighted by Crippen LogP contribution is 2.43. The van der Waals surface area contributed by atoms with E-state index >= 15 is 0 Å². The summed E-state index contributed by atoms with van der Waals surface area (Å²) < 4.78 is 52.4. The van der Waals surface area contributed by atoms with Gasteiger partial charge in [0.25, 0.3) is 5.70 Å². The minimum absolute atomic E-state index is 0.0470. The summed E-state index contributed by atoms with van der Waals surface area (Å²) in [4.78, 5) is 34.5. The molecule has 1 unspecified atom stereocenters. The Morgan fingerprint density at radius 1 is 1.13 bits per heavy atom. The molecule has 1 N–H and O–H groups in total. The number of hydrogen-bond donors (Lipinski definition) is 1. The van der Waals surface area contributed by atoms with Gasteiger partial charge in [-0.1, -0.05) is 18.2 Å². The molecule has 2 rings (SSSR count). The molecule has 0 amide bonds. The lowest BCUT2D eigenvalue weighted by molar-refractivity contribution is -0.431. The van der Waals surface area contributed by atoms with Crippen LogP contribution in [0.2, 0.25) is 0 Å². The van der Waals surface area contributed by atoms with Crippen LogP contribution < -0.4 is 10.1 Å². The quantitative estimate of drug-likeness (QED) is 0.295. The van der Waals surface area contributed by atoms with Crippen molar-refractivity contribution >= 4 is 11.9 Å². The molecule has 0 spiro atoms. The topological polar surface area (TPSA) is 117 Å². The lowest BCUT2D eigenvalue weighted by atomic mass is 9.83. The third kappa shape index (κ3) is 5.96. The normalized spacial score (nSPS) is 16.5. The summed E-state index contributed by atoms with van der Waals surface area (Å²) in [5.41, 5.74) is -0.828. The summed E-state index contributed by atoms with van der Waals surface area (Å²) in [7, 11) is 0. The van der Waals surface area contributed by atoms with Gasteiger partial charge in [0.15, 0.2) is 0 Å². The van der Waals surface area contributed by atoms with Crippen LogP contribution >= 0.6 is 0 Å². The molecule has 0 bridgehead atoms. The average Bonchev–Trinajstić information content (AvgIpc) is 2.63. The standard InChI is InChI=1S/C19H19F3N2O7/c1-10-15(18(26)30-9-8-29-12(3)25)16(17(24(27)28)11(2)23-10)13-6-4-5-7-14(13)31-19(20,21)22/h4-7,16,23H,8-9H2,1-3H3. The van der Waals surface area contributed by atoms with Gasteiger partial charge < -0.3 is 19.5 Å². The predicted molar refractivity (Wildman–Crippen MR) is 99.0 cm³/mol. The Morgan fingerprint density at radius 3 is 2.32 bits per heavy atom. The monoisotopic (exact) mass is 444 g/mol. The van der Waals surface area contributed by atoms with Crippen LogP contribution in [0.25, 0.3) is 0 Å². The maximum atomic E-state index is 12.9. The molecule has 1 aliphatic heterocycles. The van der Waals surface area contributed by atoms with Crippen LogP contribution in [0.15, 0.2) is 46.9 Å². The van der Waals surface area contributed by atoms with E-state index < -0.39 is 40.6 Å². The molecular formula is C19H19F3N2O7. The zero-order chi connectivity index (χ0) is 23.3. The zero-order valence-corrected chi connectivity index (χ0v) is 16.7. The lowest BCUT2D eigenvalue weighted by Gasteiger charge is -2.27. The first-order chi connectivity index (χ1) is 14.4. The van der Waals surface area contributed by atoms with Crippen LogP contribution in [-0.2, 0) is 19.1 Å². The molecule has 0 fully saturated rings. The Kier molecular flexibility index (Phi) is 7.26. The molecule has 168 valence electrons. The van der Waals surface area contributed by atoms with Crippen LogP contribution in [0.3, 0.4) is 0 Å². The van der Waals surface area contributed by atoms with Crippen molar-refractivity contribution in [1.82, 2.24) is 5.32 Å². The lowest BCUT2D eigenvalue weighted by Crippen LogP contribution is -2.32. The van der Waals surface area contributed by atoms with Gasteiger partial charge in [0.05, 0.1) is 16.2 Å². The Labute approximate surface area is 174 Å². The van der Waals surface area contributed by atoms with Crippen LogP contribution in [-0.4, -0.2) is 36.4 Å². The number of nitrogens with one attached hydrogen (secondary N) is 1. The molecule has 12 heteroatoms. The fourth-order valence-corrected chi connectivity index (χ4v) is 3.13. The van der Waals surface area contributed by atoms with Gasteiger partial charge >= 0.3 is 18.3 Å². The summed E-state index contributed by atoms with van der Waals surface area (Å²) >= 11 is 0. The van der Waals surface area contributed by atoms with Crippen LogP contribution in [0, 0.1) is 10.1 Å². The van der Waals surface area contributed by atoms with Gasteiger partial charge in [0.2, 0.25) is 0 Å². The Hall–Kier alpha value is -3.57. The second-order valence-corrected chi connectivity index (χ2v) is 6.43. The van der Waals surface area contributed by atoms with Crippen molar-refractivity contribution in [1.29, 1.82) is 0 Å². The van der Waals surface area contributed by atoms with Crippen molar-refractivity contribution in [2.24, 2.45) is 0 Å². The summed E-state index contributed by atoms with van der Waals surface area (Å²) in [6.45, 7) is 3.35. The van der Waals surface area contributed by atoms with E-state index in [0.717, 1.165) is 13.0 Å². The summed E-state index contributed by atoms with van der Waals surface area (Å²) in [5.74, 6) is -3.81. The molecule has 1 aromatic carbocycles. The minimum atomic E-state index is -5.06. The first-order valence-corrected chi connectivity index (χ1v) is 8.90. The highest BCUT2D eigenvalue weighted by atomic mass is 19.4. The van der Waals surface area contributed by atoms with E-state index in [4.69, 9.17) is 4.74 Å². The molecule has 0 saturated heterocycles. The fourth-order valence-electron chi connectivity index (χ4n) is 3.13. The third-order valence-corrected chi connectivity index (χ3v) is 4.22. The number of carbonyl (C=O) groups excluding carboxylic acids is 2. The Balaban J connectivity index is 2.52.